The van der Waals surface area contributed by atoms with Gasteiger partial charge in [-0.2, -0.15) is 9.97 Å². The lowest BCUT2D eigenvalue weighted by molar-refractivity contribution is -0.199. The van der Waals surface area contributed by atoms with Crippen molar-refractivity contribution in [1.82, 2.24) is 19.5 Å². The van der Waals surface area contributed by atoms with Gasteiger partial charge in [0.2, 0.25) is 5.28 Å². The summed E-state index contributed by atoms with van der Waals surface area (Å²) in [6.45, 7) is 1.43. The van der Waals surface area contributed by atoms with E-state index in [0.717, 1.165) is 0 Å². The van der Waals surface area contributed by atoms with Crippen LogP contribution in [0.25, 0.3) is 11.2 Å². The first kappa shape index (κ1) is 16.4. The number of fused-ring (bicyclic) bond motifs is 1. The molecule has 2 rings (SSSR count). The second kappa shape index (κ2) is 7.34. The van der Waals surface area contributed by atoms with Crippen LogP contribution >= 0.6 is 11.6 Å². The van der Waals surface area contributed by atoms with Crippen molar-refractivity contribution in [2.75, 3.05) is 25.6 Å². The number of anilines is 1. The molecule has 0 saturated heterocycles. The molecule has 10 heteroatoms. The van der Waals surface area contributed by atoms with Gasteiger partial charge in [0, 0.05) is 20.6 Å². The van der Waals surface area contributed by atoms with Gasteiger partial charge in [0.05, 0.1) is 6.61 Å². The lowest BCUT2D eigenvalue weighted by Gasteiger charge is -2.18. The Balaban J connectivity index is 2.39. The van der Waals surface area contributed by atoms with Crippen LogP contribution in [0.15, 0.2) is 6.33 Å². The Morgan fingerprint density at radius 2 is 2.32 bits per heavy atom. The molecule has 2 aromatic heterocycles. The SMILES string of the molecule is CNc1nc(Cl)nc2c1ncn2C(OCCCO)OC(C)=O. The molecule has 2 aromatic rings. The summed E-state index contributed by atoms with van der Waals surface area (Å²) in [5, 5.41) is 11.7. The molecule has 0 aliphatic carbocycles. The third-order valence-corrected chi connectivity index (χ3v) is 2.86. The van der Waals surface area contributed by atoms with Crippen LogP contribution in [0.1, 0.15) is 19.8 Å². The van der Waals surface area contributed by atoms with Crippen LogP contribution in [0, 0.1) is 0 Å². The minimum Gasteiger partial charge on any atom is -0.416 e. The molecule has 0 radical (unpaired) electrons. The zero-order chi connectivity index (χ0) is 16.1. The Hall–Kier alpha value is -1.97. The van der Waals surface area contributed by atoms with E-state index in [-0.39, 0.29) is 18.5 Å². The van der Waals surface area contributed by atoms with E-state index in [9.17, 15) is 4.79 Å². The third kappa shape index (κ3) is 3.62. The maximum Gasteiger partial charge on any atom is 0.306 e. The van der Waals surface area contributed by atoms with Crippen LogP contribution in [-0.2, 0) is 14.3 Å². The van der Waals surface area contributed by atoms with Crippen molar-refractivity contribution < 1.29 is 19.4 Å². The highest BCUT2D eigenvalue weighted by Crippen LogP contribution is 2.24. The number of carbonyl (C=O) groups is 1. The number of rotatable bonds is 7. The first-order valence-corrected chi connectivity index (χ1v) is 6.92. The fourth-order valence-electron chi connectivity index (χ4n) is 1.78. The molecule has 9 nitrogen and oxygen atoms in total. The number of halogens is 1. The monoisotopic (exact) mass is 329 g/mol. The van der Waals surface area contributed by atoms with Crippen molar-refractivity contribution in [3.8, 4) is 0 Å². The van der Waals surface area contributed by atoms with Gasteiger partial charge in [0.1, 0.15) is 6.33 Å². The number of esters is 1. The molecule has 1 atom stereocenters. The topological polar surface area (TPSA) is 111 Å². The van der Waals surface area contributed by atoms with Gasteiger partial charge in [-0.3, -0.25) is 9.36 Å². The van der Waals surface area contributed by atoms with Crippen molar-refractivity contribution in [3.05, 3.63) is 11.6 Å². The van der Waals surface area contributed by atoms with Crippen molar-refractivity contribution >= 4 is 34.6 Å². The first-order valence-electron chi connectivity index (χ1n) is 6.54. The highest BCUT2D eigenvalue weighted by molar-refractivity contribution is 6.28. The molecule has 120 valence electrons. The van der Waals surface area contributed by atoms with Gasteiger partial charge in [-0.1, -0.05) is 0 Å². The summed E-state index contributed by atoms with van der Waals surface area (Å²) in [6.07, 6.45) is 0.773. The van der Waals surface area contributed by atoms with Crippen LogP contribution in [0.5, 0.6) is 0 Å². The summed E-state index contributed by atoms with van der Waals surface area (Å²) < 4.78 is 12.0. The van der Waals surface area contributed by atoms with Gasteiger partial charge in [-0.25, -0.2) is 4.98 Å². The molecule has 2 N–H and O–H groups in total. The van der Waals surface area contributed by atoms with E-state index in [1.807, 2.05) is 0 Å². The number of nitrogens with one attached hydrogen (secondary N) is 1. The Kier molecular flexibility index (Phi) is 5.47. The first-order chi connectivity index (χ1) is 10.6. The Morgan fingerprint density at radius 1 is 1.55 bits per heavy atom. The molecule has 2 heterocycles. The molecule has 0 amide bonds. The van der Waals surface area contributed by atoms with Gasteiger partial charge >= 0.3 is 5.97 Å². The van der Waals surface area contributed by atoms with Crippen LogP contribution in [-0.4, -0.2) is 50.9 Å². The second-order valence-electron chi connectivity index (χ2n) is 4.28. The number of aromatic nitrogens is 4. The number of imidazole rings is 1. The molecule has 0 bridgehead atoms. The van der Waals surface area contributed by atoms with Gasteiger partial charge in [-0.05, 0) is 18.0 Å². The van der Waals surface area contributed by atoms with Crippen LogP contribution in [0.4, 0.5) is 5.82 Å². The molecule has 22 heavy (non-hydrogen) atoms. The average Bonchev–Trinajstić information content (AvgIpc) is 2.88. The molecule has 0 aliphatic heterocycles. The fourth-order valence-corrected chi connectivity index (χ4v) is 1.94. The largest absolute Gasteiger partial charge is 0.416 e. The molecule has 1 unspecified atom stereocenters. The predicted molar refractivity (Wildman–Crippen MR) is 78.3 cm³/mol. The highest BCUT2D eigenvalue weighted by Gasteiger charge is 2.21. The van der Waals surface area contributed by atoms with Crippen molar-refractivity contribution in [1.29, 1.82) is 0 Å². The average molecular weight is 330 g/mol. The Morgan fingerprint density at radius 3 is 2.95 bits per heavy atom. The summed E-state index contributed by atoms with van der Waals surface area (Å²) in [7, 11) is 1.68. The highest BCUT2D eigenvalue weighted by atomic mass is 35.5. The summed E-state index contributed by atoms with van der Waals surface area (Å²) >= 11 is 5.88. The van der Waals surface area contributed by atoms with E-state index in [4.69, 9.17) is 26.2 Å². The zero-order valence-electron chi connectivity index (χ0n) is 12.1. The van der Waals surface area contributed by atoms with E-state index in [1.165, 1.54) is 17.8 Å². The van der Waals surface area contributed by atoms with Gasteiger partial charge < -0.3 is 19.9 Å². The van der Waals surface area contributed by atoms with Crippen LogP contribution in [0.2, 0.25) is 5.28 Å². The van der Waals surface area contributed by atoms with E-state index in [2.05, 4.69) is 20.3 Å². The van der Waals surface area contributed by atoms with Gasteiger partial charge in [0.15, 0.2) is 17.0 Å². The van der Waals surface area contributed by atoms with E-state index < -0.39 is 12.4 Å². The number of carbonyl (C=O) groups excluding carboxylic acids is 1. The molecule has 0 spiro atoms. The summed E-state index contributed by atoms with van der Waals surface area (Å²) in [6, 6.07) is 0. The number of aliphatic hydroxyl groups is 1. The number of nitrogens with zero attached hydrogens (tertiary/aromatic N) is 4. The lowest BCUT2D eigenvalue weighted by atomic mass is 10.5. The summed E-state index contributed by atoms with van der Waals surface area (Å²) in [5.41, 5.74) is 0.828. The number of aliphatic hydroxyl groups excluding tert-OH is 1. The number of hydrogen-bond donors (Lipinski definition) is 2. The molecular formula is C12H16ClN5O4. The Bertz CT molecular complexity index is 662. The van der Waals surface area contributed by atoms with E-state index >= 15 is 0 Å². The standard InChI is InChI=1S/C12H16ClN5O4/c1-7(20)22-12(21-5-3-4-19)18-6-15-8-9(14-2)16-11(13)17-10(8)18/h6,12,19H,3-5H2,1-2H3,(H,14,16,17). The minimum absolute atomic E-state index is 0.0236. The third-order valence-electron chi connectivity index (χ3n) is 2.69. The maximum atomic E-state index is 11.3. The van der Waals surface area contributed by atoms with Gasteiger partial charge in [-0.15, -0.1) is 0 Å². The second-order valence-corrected chi connectivity index (χ2v) is 4.62. The van der Waals surface area contributed by atoms with E-state index in [0.29, 0.717) is 23.4 Å². The summed E-state index contributed by atoms with van der Waals surface area (Å²) in [5.74, 6) is -0.0736. The number of hydrogen-bond acceptors (Lipinski definition) is 8. The predicted octanol–water partition coefficient (Wildman–Crippen LogP) is 0.940. The van der Waals surface area contributed by atoms with Crippen LogP contribution < -0.4 is 5.32 Å². The smallest absolute Gasteiger partial charge is 0.306 e. The normalized spacial score (nSPS) is 12.4. The van der Waals surface area contributed by atoms with Crippen molar-refractivity contribution in [2.45, 2.75) is 19.8 Å². The molecular weight excluding hydrogens is 314 g/mol. The molecule has 0 aliphatic rings. The quantitative estimate of drug-likeness (QED) is 0.334. The zero-order valence-corrected chi connectivity index (χ0v) is 12.9. The van der Waals surface area contributed by atoms with E-state index in [1.54, 1.807) is 7.05 Å². The van der Waals surface area contributed by atoms with Gasteiger partial charge in [0.25, 0.3) is 6.41 Å². The lowest BCUT2D eigenvalue weighted by Crippen LogP contribution is -2.19. The minimum atomic E-state index is -1.05. The Labute approximate surface area is 131 Å². The molecule has 0 saturated carbocycles. The fraction of sp³-hybridized carbons (Fsp3) is 0.500. The van der Waals surface area contributed by atoms with Crippen molar-refractivity contribution in [2.24, 2.45) is 0 Å². The van der Waals surface area contributed by atoms with Crippen molar-refractivity contribution in [3.63, 3.8) is 0 Å². The molecule has 0 aromatic carbocycles. The molecule has 0 fully saturated rings. The number of ether oxygens (including phenoxy) is 2. The summed E-state index contributed by atoms with van der Waals surface area (Å²) in [4.78, 5) is 23.5. The maximum absolute atomic E-state index is 11.3. The van der Waals surface area contributed by atoms with Crippen LogP contribution in [0.3, 0.4) is 0 Å².